The van der Waals surface area contributed by atoms with Crippen LogP contribution in [0, 0.1) is 11.3 Å². The Hall–Kier alpha value is -4.74. The van der Waals surface area contributed by atoms with E-state index >= 15 is 0 Å². The van der Waals surface area contributed by atoms with Crippen molar-refractivity contribution in [2.45, 2.75) is 12.5 Å². The molecule has 1 aliphatic heterocycles. The van der Waals surface area contributed by atoms with Gasteiger partial charge in [0.1, 0.15) is 34.6 Å². The van der Waals surface area contributed by atoms with Crippen LogP contribution in [0.15, 0.2) is 95.7 Å². The molecule has 2 N–H and O–H groups in total. The lowest BCUT2D eigenvalue weighted by Crippen LogP contribution is -2.21. The smallest absolute Gasteiger partial charge is 0.353 e. The Morgan fingerprint density at radius 2 is 1.89 bits per heavy atom. The number of nitriles is 1. The lowest BCUT2D eigenvalue weighted by molar-refractivity contribution is 0.0739. The third kappa shape index (κ3) is 4.99. The van der Waals surface area contributed by atoms with Gasteiger partial charge in [-0.25, -0.2) is 4.79 Å². The van der Waals surface area contributed by atoms with Crippen molar-refractivity contribution in [2.24, 2.45) is 5.73 Å². The molecule has 0 aliphatic carbocycles. The van der Waals surface area contributed by atoms with Crippen LogP contribution in [0.2, 0.25) is 0 Å². The first-order chi connectivity index (χ1) is 18.1. The lowest BCUT2D eigenvalue weighted by atomic mass is 9.83. The van der Waals surface area contributed by atoms with Gasteiger partial charge in [-0.05, 0) is 40.8 Å². The summed E-state index contributed by atoms with van der Waals surface area (Å²) in [6.07, 6.45) is 0. The molecule has 5 rings (SSSR count). The number of hydrogen-bond acceptors (Lipinski definition) is 8. The second-order valence-corrected chi connectivity index (χ2v) is 9.12. The fourth-order valence-corrected chi connectivity index (χ4v) is 4.71. The molecule has 0 radical (unpaired) electrons. The van der Waals surface area contributed by atoms with Crippen molar-refractivity contribution in [2.75, 3.05) is 7.11 Å². The SMILES string of the molecule is COc1cc(C2C(C#N)=C(N)Oc3cc(OC(=O)c4cccs4)ccc32)ccc1OCc1ccccc1. The highest BCUT2D eigenvalue weighted by atomic mass is 32.1. The maximum absolute atomic E-state index is 12.4. The van der Waals surface area contributed by atoms with Crippen molar-refractivity contribution in [1.29, 1.82) is 5.26 Å². The predicted molar refractivity (Wildman–Crippen MR) is 139 cm³/mol. The molecule has 1 aromatic heterocycles. The summed E-state index contributed by atoms with van der Waals surface area (Å²) in [6.45, 7) is 0.389. The Kier molecular flexibility index (Phi) is 6.79. The molecule has 7 nitrogen and oxygen atoms in total. The molecular weight excluding hydrogens is 488 g/mol. The van der Waals surface area contributed by atoms with Gasteiger partial charge in [0.25, 0.3) is 0 Å². The number of methoxy groups -OCH3 is 1. The molecule has 0 fully saturated rings. The van der Waals surface area contributed by atoms with Crippen molar-refractivity contribution in [3.8, 4) is 29.1 Å². The molecule has 0 bridgehead atoms. The third-order valence-electron chi connectivity index (χ3n) is 5.88. The molecular formula is C29H22N2O5S. The van der Waals surface area contributed by atoms with Crippen LogP contribution in [0.3, 0.4) is 0 Å². The summed E-state index contributed by atoms with van der Waals surface area (Å²) >= 11 is 1.30. The highest BCUT2D eigenvalue weighted by Gasteiger charge is 2.32. The Morgan fingerprint density at radius 1 is 1.05 bits per heavy atom. The number of esters is 1. The molecule has 4 aromatic rings. The molecule has 0 amide bonds. The topological polar surface area (TPSA) is 104 Å². The summed E-state index contributed by atoms with van der Waals surface area (Å²) in [5, 5.41) is 11.7. The monoisotopic (exact) mass is 510 g/mol. The molecule has 0 spiro atoms. The number of thiophene rings is 1. The Balaban J connectivity index is 1.45. The standard InChI is InChI=1S/C29H22N2O5S/c1-33-25-14-19(9-12-23(25)34-17-18-6-3-2-4-7-18)27-21-11-10-20(35-29(32)26-8-5-13-37-26)15-24(21)36-28(31)22(27)16-30/h2-15,27H,17,31H2,1H3. The molecule has 0 saturated carbocycles. The number of rotatable bonds is 7. The van der Waals surface area contributed by atoms with Gasteiger partial charge in [-0.1, -0.05) is 48.5 Å². The first-order valence-corrected chi connectivity index (χ1v) is 12.3. The number of hydrogen-bond donors (Lipinski definition) is 1. The highest BCUT2D eigenvalue weighted by molar-refractivity contribution is 7.12. The number of fused-ring (bicyclic) bond motifs is 1. The van der Waals surface area contributed by atoms with E-state index in [1.54, 1.807) is 42.8 Å². The van der Waals surface area contributed by atoms with E-state index in [-0.39, 0.29) is 11.5 Å². The van der Waals surface area contributed by atoms with Crippen LogP contribution in [-0.4, -0.2) is 13.1 Å². The van der Waals surface area contributed by atoms with Gasteiger partial charge < -0.3 is 24.7 Å². The van der Waals surface area contributed by atoms with E-state index in [4.69, 9.17) is 24.7 Å². The van der Waals surface area contributed by atoms with Gasteiger partial charge in [-0.2, -0.15) is 5.26 Å². The van der Waals surface area contributed by atoms with E-state index in [1.165, 1.54) is 11.3 Å². The van der Waals surface area contributed by atoms with Crippen LogP contribution in [0.4, 0.5) is 0 Å². The normalized spacial score (nSPS) is 14.2. The lowest BCUT2D eigenvalue weighted by Gasteiger charge is -2.27. The molecule has 3 aromatic carbocycles. The van der Waals surface area contributed by atoms with Gasteiger partial charge in [0.15, 0.2) is 11.5 Å². The third-order valence-corrected chi connectivity index (χ3v) is 6.73. The fraction of sp³-hybridized carbons (Fsp3) is 0.103. The van der Waals surface area contributed by atoms with Crippen LogP contribution in [-0.2, 0) is 6.61 Å². The number of carbonyl (C=O) groups excluding carboxylic acids is 1. The predicted octanol–water partition coefficient (Wildman–Crippen LogP) is 5.77. The van der Waals surface area contributed by atoms with Crippen molar-refractivity contribution in [3.05, 3.63) is 117 Å². The second kappa shape index (κ2) is 10.5. The van der Waals surface area contributed by atoms with Crippen molar-refractivity contribution in [3.63, 3.8) is 0 Å². The summed E-state index contributed by atoms with van der Waals surface area (Å²) in [4.78, 5) is 12.9. The summed E-state index contributed by atoms with van der Waals surface area (Å²) in [6, 6.07) is 26.0. The van der Waals surface area contributed by atoms with Crippen molar-refractivity contribution in [1.82, 2.24) is 0 Å². The zero-order chi connectivity index (χ0) is 25.8. The van der Waals surface area contributed by atoms with Crippen LogP contribution in [0.5, 0.6) is 23.0 Å². The Morgan fingerprint density at radius 3 is 2.62 bits per heavy atom. The van der Waals surface area contributed by atoms with Crippen molar-refractivity contribution < 1.29 is 23.7 Å². The number of ether oxygens (including phenoxy) is 4. The van der Waals surface area contributed by atoms with E-state index in [2.05, 4.69) is 6.07 Å². The summed E-state index contributed by atoms with van der Waals surface area (Å²) < 4.78 is 22.8. The minimum Gasteiger partial charge on any atom is -0.493 e. The minimum atomic E-state index is -0.507. The molecule has 1 unspecified atom stereocenters. The van der Waals surface area contributed by atoms with Gasteiger partial charge in [0.2, 0.25) is 5.88 Å². The van der Waals surface area contributed by atoms with E-state index in [9.17, 15) is 10.1 Å². The van der Waals surface area contributed by atoms with Gasteiger partial charge in [-0.3, -0.25) is 0 Å². The Bertz CT molecular complexity index is 1510. The van der Waals surface area contributed by atoms with Gasteiger partial charge in [0, 0.05) is 11.6 Å². The maximum Gasteiger partial charge on any atom is 0.353 e. The van der Waals surface area contributed by atoms with E-state index in [0.717, 1.165) is 11.1 Å². The average Bonchev–Trinajstić information content (AvgIpc) is 3.47. The number of nitrogens with zero attached hydrogens (tertiary/aromatic N) is 1. The summed E-state index contributed by atoms with van der Waals surface area (Å²) in [7, 11) is 1.57. The molecule has 1 atom stereocenters. The first-order valence-electron chi connectivity index (χ1n) is 11.4. The number of allylic oxidation sites excluding steroid dienone is 1. The summed E-state index contributed by atoms with van der Waals surface area (Å²) in [5.74, 6) is 0.845. The van der Waals surface area contributed by atoms with Gasteiger partial charge in [0.05, 0.1) is 13.0 Å². The zero-order valence-electron chi connectivity index (χ0n) is 19.8. The second-order valence-electron chi connectivity index (χ2n) is 8.18. The average molecular weight is 511 g/mol. The molecule has 8 heteroatoms. The molecule has 1 aliphatic rings. The molecule has 184 valence electrons. The van der Waals surface area contributed by atoms with Crippen molar-refractivity contribution >= 4 is 17.3 Å². The number of nitrogens with two attached hydrogens (primary N) is 1. The molecule has 2 heterocycles. The largest absolute Gasteiger partial charge is 0.493 e. The fourth-order valence-electron chi connectivity index (χ4n) is 4.11. The highest BCUT2D eigenvalue weighted by Crippen LogP contribution is 2.45. The Labute approximate surface area is 217 Å². The molecule has 0 saturated heterocycles. The summed E-state index contributed by atoms with van der Waals surface area (Å²) in [5.41, 5.74) is 8.94. The van der Waals surface area contributed by atoms with Crippen LogP contribution in [0.25, 0.3) is 0 Å². The quantitative estimate of drug-likeness (QED) is 0.248. The molecule has 37 heavy (non-hydrogen) atoms. The van der Waals surface area contributed by atoms with Gasteiger partial charge >= 0.3 is 5.97 Å². The van der Waals surface area contributed by atoms with E-state index in [1.807, 2.05) is 48.5 Å². The van der Waals surface area contributed by atoms with Crippen LogP contribution >= 0.6 is 11.3 Å². The number of benzene rings is 3. The van der Waals surface area contributed by atoms with Crippen LogP contribution < -0.4 is 24.7 Å². The van der Waals surface area contributed by atoms with E-state index in [0.29, 0.717) is 40.0 Å². The van der Waals surface area contributed by atoms with E-state index < -0.39 is 11.9 Å². The first kappa shape index (κ1) is 24.0. The zero-order valence-corrected chi connectivity index (χ0v) is 20.7. The maximum atomic E-state index is 12.4. The number of carbonyl (C=O) groups is 1. The van der Waals surface area contributed by atoms with Gasteiger partial charge in [-0.15, -0.1) is 11.3 Å². The van der Waals surface area contributed by atoms with Crippen LogP contribution in [0.1, 0.15) is 32.3 Å². The minimum absolute atomic E-state index is 0.00916.